The van der Waals surface area contributed by atoms with Crippen molar-refractivity contribution in [3.63, 3.8) is 0 Å². The Morgan fingerprint density at radius 2 is 2.07 bits per heavy atom. The Kier molecular flexibility index (Phi) is 5.12. The Balaban J connectivity index is 2.56. The van der Waals surface area contributed by atoms with E-state index in [1.807, 2.05) is 11.7 Å². The number of rotatable bonds is 6. The summed E-state index contributed by atoms with van der Waals surface area (Å²) in [7, 11) is 1.96. The first-order valence-electron chi connectivity index (χ1n) is 5.61. The summed E-state index contributed by atoms with van der Waals surface area (Å²) in [6.45, 7) is 6.28. The highest BCUT2D eigenvalue weighted by atomic mass is 35.5. The number of nitrogens with zero attached hydrogens (tertiary/aromatic N) is 2. The Morgan fingerprint density at radius 3 is 2.60 bits per heavy atom. The molecule has 0 saturated carbocycles. The number of hydrogen-bond acceptors (Lipinski definition) is 2. The average molecular weight is 230 g/mol. The van der Waals surface area contributed by atoms with E-state index in [-0.39, 0.29) is 0 Å². The largest absolute Gasteiger partial charge is 0.316 e. The van der Waals surface area contributed by atoms with Crippen LogP contribution in [0.5, 0.6) is 0 Å². The maximum absolute atomic E-state index is 6.23. The van der Waals surface area contributed by atoms with Gasteiger partial charge in [-0.15, -0.1) is 0 Å². The molecule has 0 saturated heterocycles. The highest BCUT2D eigenvalue weighted by Gasteiger charge is 2.11. The Morgan fingerprint density at radius 1 is 1.33 bits per heavy atom. The van der Waals surface area contributed by atoms with Crippen LogP contribution in [0, 0.1) is 0 Å². The molecule has 3 nitrogen and oxygen atoms in total. The number of aromatic nitrogens is 2. The normalized spacial score (nSPS) is 10.9. The van der Waals surface area contributed by atoms with Gasteiger partial charge in [0.05, 0.1) is 16.4 Å². The first-order chi connectivity index (χ1) is 7.20. The van der Waals surface area contributed by atoms with E-state index >= 15 is 0 Å². The molecule has 4 heteroatoms. The number of halogens is 1. The van der Waals surface area contributed by atoms with Crippen LogP contribution in [0.25, 0.3) is 0 Å². The molecule has 0 aliphatic heterocycles. The lowest BCUT2D eigenvalue weighted by molar-refractivity contribution is 0.634. The molecular formula is C11H20ClN3. The van der Waals surface area contributed by atoms with Crippen LogP contribution in [0.4, 0.5) is 0 Å². The molecule has 1 aromatic rings. The van der Waals surface area contributed by atoms with E-state index in [0.29, 0.717) is 0 Å². The van der Waals surface area contributed by atoms with E-state index in [4.69, 9.17) is 11.6 Å². The standard InChI is InChI=1S/C11H20ClN3/c1-4-7-13-8-6-10-11(12)9(5-2)14-15(10)3/h13H,4-8H2,1-3H3. The fourth-order valence-corrected chi connectivity index (χ4v) is 1.99. The monoisotopic (exact) mass is 229 g/mol. The summed E-state index contributed by atoms with van der Waals surface area (Å²) in [5.41, 5.74) is 2.14. The van der Waals surface area contributed by atoms with Crippen molar-refractivity contribution < 1.29 is 0 Å². The molecule has 0 spiro atoms. The van der Waals surface area contributed by atoms with Crippen molar-refractivity contribution in [3.05, 3.63) is 16.4 Å². The van der Waals surface area contributed by atoms with Crippen molar-refractivity contribution in [3.8, 4) is 0 Å². The maximum Gasteiger partial charge on any atom is 0.0850 e. The third-order valence-corrected chi connectivity index (χ3v) is 2.90. The SMILES string of the molecule is CCCNCCc1c(Cl)c(CC)nn1C. The third-order valence-electron chi connectivity index (χ3n) is 2.47. The fraction of sp³-hybridized carbons (Fsp3) is 0.727. The summed E-state index contributed by atoms with van der Waals surface area (Å²) in [4.78, 5) is 0. The van der Waals surface area contributed by atoms with Crippen molar-refractivity contribution in [2.45, 2.75) is 33.1 Å². The average Bonchev–Trinajstić information content (AvgIpc) is 2.50. The van der Waals surface area contributed by atoms with Crippen LogP contribution in [0.15, 0.2) is 0 Å². The van der Waals surface area contributed by atoms with E-state index in [1.54, 1.807) is 0 Å². The molecule has 0 atom stereocenters. The second-order valence-corrected chi connectivity index (χ2v) is 4.06. The van der Waals surface area contributed by atoms with Gasteiger partial charge in [0.15, 0.2) is 0 Å². The molecule has 0 bridgehead atoms. The van der Waals surface area contributed by atoms with Gasteiger partial charge in [0, 0.05) is 20.0 Å². The minimum atomic E-state index is 0.846. The molecule has 0 radical (unpaired) electrons. The molecular weight excluding hydrogens is 210 g/mol. The molecule has 1 heterocycles. The molecule has 1 aromatic heterocycles. The molecule has 0 amide bonds. The smallest absolute Gasteiger partial charge is 0.0850 e. The topological polar surface area (TPSA) is 29.9 Å². The van der Waals surface area contributed by atoms with Gasteiger partial charge in [-0.25, -0.2) is 0 Å². The van der Waals surface area contributed by atoms with Crippen molar-refractivity contribution >= 4 is 11.6 Å². The second kappa shape index (κ2) is 6.13. The van der Waals surface area contributed by atoms with Crippen molar-refractivity contribution in [2.75, 3.05) is 13.1 Å². The van der Waals surface area contributed by atoms with Gasteiger partial charge in [0.2, 0.25) is 0 Å². The molecule has 0 aliphatic carbocycles. The number of hydrogen-bond donors (Lipinski definition) is 1. The summed E-state index contributed by atoms with van der Waals surface area (Å²) in [5, 5.41) is 8.60. The summed E-state index contributed by atoms with van der Waals surface area (Å²) in [5.74, 6) is 0. The van der Waals surface area contributed by atoms with Crippen molar-refractivity contribution in [1.29, 1.82) is 0 Å². The first-order valence-corrected chi connectivity index (χ1v) is 5.99. The Bertz CT molecular complexity index is 307. The lowest BCUT2D eigenvalue weighted by Crippen LogP contribution is -2.19. The van der Waals surface area contributed by atoms with Gasteiger partial charge in [0.25, 0.3) is 0 Å². The van der Waals surface area contributed by atoms with Gasteiger partial charge in [-0.1, -0.05) is 25.4 Å². The van der Waals surface area contributed by atoms with E-state index in [2.05, 4.69) is 24.3 Å². The predicted molar refractivity (Wildman–Crippen MR) is 64.5 cm³/mol. The zero-order valence-electron chi connectivity index (χ0n) is 9.81. The summed E-state index contributed by atoms with van der Waals surface area (Å²) < 4.78 is 1.90. The molecule has 1 N–H and O–H groups in total. The third kappa shape index (κ3) is 3.21. The summed E-state index contributed by atoms with van der Waals surface area (Å²) in [6, 6.07) is 0. The maximum atomic E-state index is 6.23. The van der Waals surface area contributed by atoms with Gasteiger partial charge in [-0.05, 0) is 19.4 Å². The van der Waals surface area contributed by atoms with Crippen LogP contribution in [-0.2, 0) is 19.9 Å². The highest BCUT2D eigenvalue weighted by Crippen LogP contribution is 2.20. The minimum absolute atomic E-state index is 0.846. The van der Waals surface area contributed by atoms with Gasteiger partial charge >= 0.3 is 0 Å². The van der Waals surface area contributed by atoms with Crippen LogP contribution in [0.1, 0.15) is 31.7 Å². The molecule has 1 rings (SSSR count). The minimum Gasteiger partial charge on any atom is -0.316 e. The van der Waals surface area contributed by atoms with Crippen LogP contribution in [0.3, 0.4) is 0 Å². The fourth-order valence-electron chi connectivity index (χ4n) is 1.60. The van der Waals surface area contributed by atoms with Gasteiger partial charge in [-0.2, -0.15) is 5.10 Å². The van der Waals surface area contributed by atoms with E-state index in [1.165, 1.54) is 6.42 Å². The number of aryl methyl sites for hydroxylation is 2. The van der Waals surface area contributed by atoms with Crippen molar-refractivity contribution in [1.82, 2.24) is 15.1 Å². The molecule has 0 unspecified atom stereocenters. The number of nitrogens with one attached hydrogen (secondary N) is 1. The molecule has 0 aliphatic rings. The van der Waals surface area contributed by atoms with E-state index in [0.717, 1.165) is 42.3 Å². The van der Waals surface area contributed by atoms with Crippen LogP contribution < -0.4 is 5.32 Å². The van der Waals surface area contributed by atoms with Gasteiger partial charge in [-0.3, -0.25) is 4.68 Å². The molecule has 15 heavy (non-hydrogen) atoms. The summed E-state index contributed by atoms with van der Waals surface area (Å²) in [6.07, 6.45) is 3.01. The van der Waals surface area contributed by atoms with Gasteiger partial charge in [0.1, 0.15) is 0 Å². The first kappa shape index (κ1) is 12.5. The Hall–Kier alpha value is -0.540. The molecule has 0 fully saturated rings. The molecule has 86 valence electrons. The quantitative estimate of drug-likeness (QED) is 0.758. The zero-order chi connectivity index (χ0) is 11.3. The van der Waals surface area contributed by atoms with E-state index < -0.39 is 0 Å². The van der Waals surface area contributed by atoms with Crippen LogP contribution in [-0.4, -0.2) is 22.9 Å². The summed E-state index contributed by atoms with van der Waals surface area (Å²) >= 11 is 6.23. The van der Waals surface area contributed by atoms with Crippen molar-refractivity contribution in [2.24, 2.45) is 7.05 Å². The lowest BCUT2D eigenvalue weighted by Gasteiger charge is -2.04. The van der Waals surface area contributed by atoms with Crippen LogP contribution in [0.2, 0.25) is 5.02 Å². The zero-order valence-corrected chi connectivity index (χ0v) is 10.6. The Labute approximate surface area is 96.8 Å². The highest BCUT2D eigenvalue weighted by molar-refractivity contribution is 6.31. The van der Waals surface area contributed by atoms with E-state index in [9.17, 15) is 0 Å². The second-order valence-electron chi connectivity index (χ2n) is 3.68. The van der Waals surface area contributed by atoms with Gasteiger partial charge < -0.3 is 5.32 Å². The predicted octanol–water partition coefficient (Wildman–Crippen LogP) is 2.18. The molecule has 0 aromatic carbocycles. The van der Waals surface area contributed by atoms with Crippen LogP contribution >= 0.6 is 11.6 Å². The lowest BCUT2D eigenvalue weighted by atomic mass is 10.2.